The maximum Gasteiger partial charge on any atom is 0.138 e. The lowest BCUT2D eigenvalue weighted by molar-refractivity contribution is 0.483. The fraction of sp³-hybridized carbons (Fsp3) is 0.183. The van der Waals surface area contributed by atoms with Crippen molar-refractivity contribution in [2.24, 2.45) is 0 Å². The maximum absolute atomic E-state index is 6.78. The Balaban J connectivity index is 1.00. The molecule has 7 aromatic carbocycles. The molecule has 1 aliphatic heterocycles. The molecule has 0 amide bonds. The molecule has 0 spiro atoms. The summed E-state index contributed by atoms with van der Waals surface area (Å²) in [6, 6.07) is 60.9. The van der Waals surface area contributed by atoms with E-state index in [1.165, 1.54) is 44.3 Å². The number of hydrogen-bond donors (Lipinski definition) is 0. The molecule has 0 saturated heterocycles. The van der Waals surface area contributed by atoms with E-state index in [9.17, 15) is 0 Å². The van der Waals surface area contributed by atoms with Crippen molar-refractivity contribution in [1.82, 2.24) is 9.55 Å². The van der Waals surface area contributed by atoms with Gasteiger partial charge in [-0.3, -0.25) is 4.57 Å². The van der Waals surface area contributed by atoms with Crippen LogP contribution in [0.25, 0.3) is 55.6 Å². The summed E-state index contributed by atoms with van der Waals surface area (Å²) in [7, 11) is 0. The minimum Gasteiger partial charge on any atom is -0.457 e. The Kier molecular flexibility index (Phi) is 10.5. The van der Waals surface area contributed by atoms with Gasteiger partial charge in [0.15, 0.2) is 0 Å². The number of aromatic nitrogens is 2. The highest BCUT2D eigenvalue weighted by Gasteiger charge is 2.27. The van der Waals surface area contributed by atoms with Crippen molar-refractivity contribution in [2.75, 3.05) is 16.5 Å². The molecule has 0 N–H and O–H groups in total. The Morgan fingerprint density at radius 1 is 0.492 bits per heavy atom. The third kappa shape index (κ3) is 8.08. The fourth-order valence-electron chi connectivity index (χ4n) is 9.37. The zero-order chi connectivity index (χ0) is 45.0. The van der Waals surface area contributed by atoms with Gasteiger partial charge in [0.25, 0.3) is 0 Å². The second kappa shape index (κ2) is 16.3. The highest BCUT2D eigenvalue weighted by Crippen LogP contribution is 2.41. The molecule has 0 saturated carbocycles. The number of nitrogens with zero attached hydrogens (tertiary/aromatic N) is 4. The molecule has 10 rings (SSSR count). The highest BCUT2D eigenvalue weighted by molar-refractivity contribution is 6.09. The number of para-hydroxylation sites is 1. The first kappa shape index (κ1) is 41.6. The predicted octanol–water partition coefficient (Wildman–Crippen LogP) is 15.8. The van der Waals surface area contributed by atoms with Gasteiger partial charge in [-0.05, 0) is 129 Å². The third-order valence-corrected chi connectivity index (χ3v) is 12.8. The topological polar surface area (TPSA) is 33.5 Å². The van der Waals surface area contributed by atoms with Gasteiger partial charge in [0, 0.05) is 46.7 Å². The third-order valence-electron chi connectivity index (χ3n) is 12.8. The van der Waals surface area contributed by atoms with Crippen molar-refractivity contribution in [3.8, 4) is 39.6 Å². The van der Waals surface area contributed by atoms with Crippen molar-refractivity contribution in [2.45, 2.75) is 66.2 Å². The Hall–Kier alpha value is -7.37. The first-order valence-corrected chi connectivity index (χ1v) is 22.7. The van der Waals surface area contributed by atoms with Crippen molar-refractivity contribution >= 4 is 38.9 Å². The minimum absolute atomic E-state index is 0.0314. The van der Waals surface area contributed by atoms with Crippen LogP contribution >= 0.6 is 0 Å². The molecule has 65 heavy (non-hydrogen) atoms. The number of pyridine rings is 1. The van der Waals surface area contributed by atoms with Crippen LogP contribution in [-0.4, -0.2) is 16.2 Å². The standard InChI is InChI=1S/C60H56N4O/c1-40-30-46(59(3,4)5)31-41(2)58(40)44-28-29-61-57(34-44)64-54-25-16-15-24-52(54)53-27-26-51(37-55(53)64)65-50-23-17-22-48(36-50)62-38-56(43-20-13-10-14-21-43)63(39-62)49-33-45(42-18-11-9-12-19-42)32-47(35-49)60(6,7)8/h9-38H,39H2,1-8H3. The largest absolute Gasteiger partial charge is 0.457 e. The molecule has 0 fully saturated rings. The van der Waals surface area contributed by atoms with Crippen LogP contribution in [0.4, 0.5) is 11.4 Å². The van der Waals surface area contributed by atoms with Gasteiger partial charge in [-0.1, -0.05) is 145 Å². The monoisotopic (exact) mass is 848 g/mol. The molecule has 2 aromatic heterocycles. The van der Waals surface area contributed by atoms with Crippen molar-refractivity contribution in [3.63, 3.8) is 0 Å². The van der Waals surface area contributed by atoms with Crippen LogP contribution in [-0.2, 0) is 10.8 Å². The molecule has 0 aliphatic carbocycles. The Morgan fingerprint density at radius 3 is 1.86 bits per heavy atom. The summed E-state index contributed by atoms with van der Waals surface area (Å²) >= 11 is 0. The molecule has 5 heteroatoms. The minimum atomic E-state index is -0.0314. The first-order valence-electron chi connectivity index (χ1n) is 22.7. The van der Waals surface area contributed by atoms with Crippen molar-refractivity contribution in [3.05, 3.63) is 210 Å². The van der Waals surface area contributed by atoms with Gasteiger partial charge in [0.05, 0.1) is 23.4 Å². The molecule has 3 heterocycles. The van der Waals surface area contributed by atoms with Crippen LogP contribution in [0, 0.1) is 13.8 Å². The van der Waals surface area contributed by atoms with Crippen LogP contribution in [0.5, 0.6) is 11.5 Å². The van der Waals surface area contributed by atoms with Crippen LogP contribution in [0.3, 0.4) is 0 Å². The van der Waals surface area contributed by atoms with Crippen molar-refractivity contribution in [1.29, 1.82) is 0 Å². The molecular weight excluding hydrogens is 793 g/mol. The van der Waals surface area contributed by atoms with Gasteiger partial charge in [-0.2, -0.15) is 0 Å². The Labute approximate surface area is 383 Å². The number of ether oxygens (including phenoxy) is 1. The number of fused-ring (bicyclic) bond motifs is 3. The molecule has 9 aromatic rings. The molecule has 5 nitrogen and oxygen atoms in total. The zero-order valence-corrected chi connectivity index (χ0v) is 38.7. The van der Waals surface area contributed by atoms with E-state index in [0.29, 0.717) is 6.67 Å². The second-order valence-corrected chi connectivity index (χ2v) is 19.6. The molecule has 0 radical (unpaired) electrons. The molecule has 0 atom stereocenters. The summed E-state index contributed by atoms with van der Waals surface area (Å²) in [5.41, 5.74) is 16.7. The predicted molar refractivity (Wildman–Crippen MR) is 274 cm³/mol. The Bertz CT molecular complexity index is 3230. The summed E-state index contributed by atoms with van der Waals surface area (Å²) in [5.74, 6) is 2.40. The van der Waals surface area contributed by atoms with Crippen LogP contribution < -0.4 is 14.5 Å². The van der Waals surface area contributed by atoms with Gasteiger partial charge < -0.3 is 14.5 Å². The zero-order valence-electron chi connectivity index (χ0n) is 38.7. The van der Waals surface area contributed by atoms with E-state index in [-0.39, 0.29) is 10.8 Å². The smallest absolute Gasteiger partial charge is 0.138 e. The lowest BCUT2D eigenvalue weighted by Gasteiger charge is -2.28. The lowest BCUT2D eigenvalue weighted by Crippen LogP contribution is -2.26. The van der Waals surface area contributed by atoms with Crippen LogP contribution in [0.1, 0.15) is 69.4 Å². The average molecular weight is 849 g/mol. The van der Waals surface area contributed by atoms with E-state index < -0.39 is 0 Å². The normalized spacial score (nSPS) is 13.2. The SMILES string of the molecule is Cc1cc(C(C)(C)C)cc(C)c1-c1ccnc(-n2c3ccccc3c3ccc(Oc4cccc(N5C=C(c6ccccc6)N(c6cc(-c7ccccc7)cc(C(C)(C)C)c6)C5)c4)cc32)c1. The molecule has 0 unspecified atom stereocenters. The quantitative estimate of drug-likeness (QED) is 0.153. The molecule has 322 valence electrons. The number of rotatable bonds is 8. The van der Waals surface area contributed by atoms with Crippen LogP contribution in [0.15, 0.2) is 182 Å². The van der Waals surface area contributed by atoms with E-state index in [4.69, 9.17) is 9.72 Å². The van der Waals surface area contributed by atoms with Gasteiger partial charge >= 0.3 is 0 Å². The Morgan fingerprint density at radius 2 is 1.14 bits per heavy atom. The van der Waals surface area contributed by atoms with E-state index in [1.807, 2.05) is 12.3 Å². The average Bonchev–Trinajstić information content (AvgIpc) is 3.89. The first-order chi connectivity index (χ1) is 31.3. The van der Waals surface area contributed by atoms with Gasteiger partial charge in [0.2, 0.25) is 0 Å². The van der Waals surface area contributed by atoms with Gasteiger partial charge in [0.1, 0.15) is 17.3 Å². The van der Waals surface area contributed by atoms with E-state index in [1.54, 1.807) is 0 Å². The summed E-state index contributed by atoms with van der Waals surface area (Å²) in [6.07, 6.45) is 4.21. The fourth-order valence-corrected chi connectivity index (χ4v) is 9.37. The maximum atomic E-state index is 6.78. The summed E-state index contributed by atoms with van der Waals surface area (Å²) < 4.78 is 9.06. The number of benzene rings is 7. The summed E-state index contributed by atoms with van der Waals surface area (Å²) in [4.78, 5) is 9.75. The molecule has 0 bridgehead atoms. The number of aryl methyl sites for hydroxylation is 2. The number of anilines is 2. The van der Waals surface area contributed by atoms with Gasteiger partial charge in [-0.25, -0.2) is 4.98 Å². The van der Waals surface area contributed by atoms with E-state index >= 15 is 0 Å². The second-order valence-electron chi connectivity index (χ2n) is 19.6. The molecular formula is C60H56N4O. The summed E-state index contributed by atoms with van der Waals surface area (Å²) in [6.45, 7) is 18.8. The summed E-state index contributed by atoms with van der Waals surface area (Å²) in [5, 5.41) is 2.33. The van der Waals surface area contributed by atoms with Crippen molar-refractivity contribution < 1.29 is 4.74 Å². The number of hydrogen-bond acceptors (Lipinski definition) is 4. The van der Waals surface area contributed by atoms with Gasteiger partial charge in [-0.15, -0.1) is 0 Å². The van der Waals surface area contributed by atoms with Crippen LogP contribution in [0.2, 0.25) is 0 Å². The highest BCUT2D eigenvalue weighted by atomic mass is 16.5. The lowest BCUT2D eigenvalue weighted by atomic mass is 9.83. The van der Waals surface area contributed by atoms with E-state index in [2.05, 4.69) is 240 Å². The molecule has 1 aliphatic rings. The van der Waals surface area contributed by atoms with E-state index in [0.717, 1.165) is 61.9 Å².